The first-order valence-electron chi connectivity index (χ1n) is 9.90. The molecule has 3 rings (SSSR count). The van der Waals surface area contributed by atoms with Crippen molar-refractivity contribution in [3.05, 3.63) is 53.5 Å². The Morgan fingerprint density at radius 2 is 1.86 bits per heavy atom. The second kappa shape index (κ2) is 8.95. The molecule has 29 heavy (non-hydrogen) atoms. The minimum atomic E-state index is -0.924. The number of carbonyl (C=O) groups is 1. The third-order valence-electron chi connectivity index (χ3n) is 4.95. The third-order valence-corrected chi connectivity index (χ3v) is 4.95. The zero-order valence-corrected chi connectivity index (χ0v) is 17.1. The molecule has 0 aliphatic carbocycles. The van der Waals surface area contributed by atoms with E-state index in [1.807, 2.05) is 20.8 Å². The van der Waals surface area contributed by atoms with Crippen LogP contribution in [0.5, 0.6) is 5.88 Å². The van der Waals surface area contributed by atoms with Gasteiger partial charge in [-0.1, -0.05) is 12.1 Å². The average Bonchev–Trinajstić information content (AvgIpc) is 2.66. The fourth-order valence-corrected chi connectivity index (χ4v) is 3.48. The lowest BCUT2D eigenvalue weighted by atomic mass is 9.89. The summed E-state index contributed by atoms with van der Waals surface area (Å²) in [6.07, 6.45) is 4.56. The van der Waals surface area contributed by atoms with E-state index in [4.69, 9.17) is 4.74 Å². The Kier molecular flexibility index (Phi) is 6.57. The molecule has 5 nitrogen and oxygen atoms in total. The van der Waals surface area contributed by atoms with Crippen molar-refractivity contribution in [1.29, 1.82) is 0 Å². The highest BCUT2D eigenvalue weighted by molar-refractivity contribution is 5.83. The number of ether oxygens (including phenoxy) is 1. The van der Waals surface area contributed by atoms with E-state index in [-0.39, 0.29) is 29.3 Å². The average molecular weight is 403 g/mol. The Bertz CT molecular complexity index is 859. The minimum Gasteiger partial charge on any atom is -0.471 e. The Morgan fingerprint density at radius 3 is 2.55 bits per heavy atom. The van der Waals surface area contributed by atoms with Crippen LogP contribution in [0.25, 0.3) is 0 Å². The van der Waals surface area contributed by atoms with Gasteiger partial charge >= 0.3 is 0 Å². The lowest BCUT2D eigenvalue weighted by molar-refractivity contribution is -0.123. The van der Waals surface area contributed by atoms with Crippen molar-refractivity contribution in [3.63, 3.8) is 0 Å². The molecule has 2 heterocycles. The molecular weight excluding hydrogens is 376 g/mol. The van der Waals surface area contributed by atoms with Crippen LogP contribution in [0.1, 0.15) is 44.9 Å². The first-order valence-corrected chi connectivity index (χ1v) is 9.90. The molecule has 0 atom stereocenters. The number of ketones is 1. The first kappa shape index (κ1) is 21.3. The summed E-state index contributed by atoms with van der Waals surface area (Å²) in [6, 6.07) is 3.96. The summed E-state index contributed by atoms with van der Waals surface area (Å²) in [6.45, 7) is 7.94. The van der Waals surface area contributed by atoms with Gasteiger partial charge in [-0.05, 0) is 58.3 Å². The smallest absolute Gasteiger partial charge is 0.237 e. The van der Waals surface area contributed by atoms with E-state index in [0.29, 0.717) is 25.3 Å². The van der Waals surface area contributed by atoms with Crippen LogP contribution < -0.4 is 4.74 Å². The van der Waals surface area contributed by atoms with Gasteiger partial charge in [0.15, 0.2) is 11.6 Å². The monoisotopic (exact) mass is 403 g/mol. The fraction of sp³-hybridized carbons (Fsp3) is 0.500. The number of halogens is 2. The summed E-state index contributed by atoms with van der Waals surface area (Å²) in [5.41, 5.74) is 0.533. The van der Waals surface area contributed by atoms with Gasteiger partial charge in [-0.2, -0.15) is 0 Å². The normalized spacial score (nSPS) is 16.0. The van der Waals surface area contributed by atoms with Crippen molar-refractivity contribution >= 4 is 5.78 Å². The summed E-state index contributed by atoms with van der Waals surface area (Å²) in [7, 11) is 0. The van der Waals surface area contributed by atoms with Gasteiger partial charge in [0.1, 0.15) is 17.1 Å². The van der Waals surface area contributed by atoms with Gasteiger partial charge in [0.25, 0.3) is 0 Å². The lowest BCUT2D eigenvalue weighted by Gasteiger charge is -2.31. The van der Waals surface area contributed by atoms with Gasteiger partial charge < -0.3 is 4.74 Å². The maximum atomic E-state index is 13.8. The van der Waals surface area contributed by atoms with Crippen LogP contribution in [0, 0.1) is 17.6 Å². The highest BCUT2D eigenvalue weighted by Gasteiger charge is 2.27. The molecule has 0 saturated carbocycles. The molecule has 0 N–H and O–H groups in total. The molecule has 1 aliphatic heterocycles. The number of likely N-dealkylation sites (tertiary alicyclic amines) is 1. The van der Waals surface area contributed by atoms with E-state index >= 15 is 0 Å². The van der Waals surface area contributed by atoms with E-state index in [9.17, 15) is 13.6 Å². The molecular formula is C22H27F2N3O2. The van der Waals surface area contributed by atoms with Crippen LogP contribution in [0.4, 0.5) is 8.78 Å². The molecule has 1 aromatic heterocycles. The number of hydrogen-bond acceptors (Lipinski definition) is 5. The largest absolute Gasteiger partial charge is 0.471 e. The summed E-state index contributed by atoms with van der Waals surface area (Å²) in [4.78, 5) is 23.5. The predicted octanol–water partition coefficient (Wildman–Crippen LogP) is 3.96. The van der Waals surface area contributed by atoms with E-state index in [1.54, 1.807) is 12.4 Å². The van der Waals surface area contributed by atoms with E-state index in [2.05, 4.69) is 14.9 Å². The zero-order chi connectivity index (χ0) is 21.0. The number of nitrogens with zero attached hydrogens (tertiary/aromatic N) is 3. The third kappa shape index (κ3) is 5.79. The summed E-state index contributed by atoms with van der Waals surface area (Å²) in [5, 5.41) is 0. The van der Waals surface area contributed by atoms with Gasteiger partial charge in [-0.3, -0.25) is 14.7 Å². The van der Waals surface area contributed by atoms with Gasteiger partial charge in [-0.25, -0.2) is 13.8 Å². The Hall–Kier alpha value is -2.41. The fourth-order valence-electron chi connectivity index (χ4n) is 3.48. The lowest BCUT2D eigenvalue weighted by Crippen LogP contribution is -2.37. The van der Waals surface area contributed by atoms with E-state index in [0.717, 1.165) is 24.8 Å². The molecule has 0 bridgehead atoms. The topological polar surface area (TPSA) is 55.3 Å². The highest BCUT2D eigenvalue weighted by Crippen LogP contribution is 2.25. The van der Waals surface area contributed by atoms with Crippen LogP contribution in [0.2, 0.25) is 0 Å². The Balaban J connectivity index is 1.56. The quantitative estimate of drug-likeness (QED) is 0.731. The maximum absolute atomic E-state index is 13.8. The summed E-state index contributed by atoms with van der Waals surface area (Å²) >= 11 is 0. The SMILES string of the molecule is CC(C)(C)Oc1nccnc1CN1CCC(C(=O)Cc2cccc(F)c2F)CC1. The summed E-state index contributed by atoms with van der Waals surface area (Å²) < 4.78 is 33.1. The second-order valence-corrected chi connectivity index (χ2v) is 8.43. The number of carbonyl (C=O) groups excluding carboxylic acids is 1. The van der Waals surface area contributed by atoms with Gasteiger partial charge in [0, 0.05) is 31.3 Å². The highest BCUT2D eigenvalue weighted by atomic mass is 19.2. The van der Waals surface area contributed by atoms with Gasteiger partial charge in [-0.15, -0.1) is 0 Å². The molecule has 0 amide bonds. The zero-order valence-electron chi connectivity index (χ0n) is 17.1. The second-order valence-electron chi connectivity index (χ2n) is 8.43. The predicted molar refractivity (Wildman–Crippen MR) is 105 cm³/mol. The molecule has 156 valence electrons. The molecule has 1 aliphatic rings. The number of hydrogen-bond donors (Lipinski definition) is 0. The minimum absolute atomic E-state index is 0.0367. The maximum Gasteiger partial charge on any atom is 0.237 e. The van der Waals surface area contributed by atoms with Gasteiger partial charge in [0.2, 0.25) is 5.88 Å². The molecule has 2 aromatic rings. The molecule has 7 heteroatoms. The van der Waals surface area contributed by atoms with Crippen LogP contribution in [-0.2, 0) is 17.8 Å². The Labute approximate surface area is 170 Å². The molecule has 1 aromatic carbocycles. The van der Waals surface area contributed by atoms with Crippen molar-refractivity contribution in [2.45, 2.75) is 52.2 Å². The standard InChI is InChI=1S/C22H27F2N3O2/c1-22(2,3)29-21-18(25-9-10-26-21)14-27-11-7-15(8-12-27)19(28)13-16-5-4-6-17(23)20(16)24/h4-6,9-10,15H,7-8,11-14H2,1-3H3. The van der Waals surface area contributed by atoms with Crippen LogP contribution in [0.3, 0.4) is 0 Å². The number of rotatable bonds is 6. The van der Waals surface area contributed by atoms with Crippen molar-refractivity contribution < 1.29 is 18.3 Å². The van der Waals surface area contributed by atoms with E-state index < -0.39 is 11.6 Å². The molecule has 0 unspecified atom stereocenters. The van der Waals surface area contributed by atoms with Crippen molar-refractivity contribution in [2.75, 3.05) is 13.1 Å². The number of benzene rings is 1. The van der Waals surface area contributed by atoms with Crippen LogP contribution in [0.15, 0.2) is 30.6 Å². The van der Waals surface area contributed by atoms with Gasteiger partial charge in [0.05, 0.1) is 0 Å². The first-order chi connectivity index (χ1) is 13.7. The Morgan fingerprint density at radius 1 is 1.17 bits per heavy atom. The van der Waals surface area contributed by atoms with E-state index in [1.165, 1.54) is 12.1 Å². The molecule has 1 saturated heterocycles. The number of Topliss-reactive ketones (excluding diaryl/α,β-unsaturated/α-hetero) is 1. The molecule has 1 fully saturated rings. The molecule has 0 radical (unpaired) electrons. The number of aromatic nitrogens is 2. The van der Waals surface area contributed by atoms with Crippen LogP contribution in [-0.4, -0.2) is 39.3 Å². The van der Waals surface area contributed by atoms with Crippen molar-refractivity contribution in [3.8, 4) is 5.88 Å². The van der Waals surface area contributed by atoms with Crippen molar-refractivity contribution in [2.24, 2.45) is 5.92 Å². The van der Waals surface area contributed by atoms with Crippen LogP contribution >= 0.6 is 0 Å². The molecule has 0 spiro atoms. The summed E-state index contributed by atoms with van der Waals surface area (Å²) in [5.74, 6) is -1.49. The van der Waals surface area contributed by atoms with Crippen molar-refractivity contribution in [1.82, 2.24) is 14.9 Å². The number of piperidine rings is 1.